The SMILES string of the molecule is CCCN(CCO)S(=O)(=O)c1ccc2c(c1)OCCO2. The molecule has 0 saturated heterocycles. The highest BCUT2D eigenvalue weighted by atomic mass is 32.2. The lowest BCUT2D eigenvalue weighted by Gasteiger charge is -2.23. The third kappa shape index (κ3) is 3.05. The molecule has 1 aliphatic rings. The van der Waals surface area contributed by atoms with Crippen LogP contribution in [-0.4, -0.2) is 50.7 Å². The van der Waals surface area contributed by atoms with Crippen molar-refractivity contribution in [2.24, 2.45) is 0 Å². The summed E-state index contributed by atoms with van der Waals surface area (Å²) >= 11 is 0. The van der Waals surface area contributed by atoms with Gasteiger partial charge in [0.15, 0.2) is 11.5 Å². The number of benzene rings is 1. The number of ether oxygens (including phenoxy) is 2. The highest BCUT2D eigenvalue weighted by Gasteiger charge is 2.25. The number of aliphatic hydroxyl groups excluding tert-OH is 1. The molecule has 20 heavy (non-hydrogen) atoms. The van der Waals surface area contributed by atoms with Gasteiger partial charge in [0.2, 0.25) is 10.0 Å². The Labute approximate surface area is 119 Å². The van der Waals surface area contributed by atoms with E-state index in [2.05, 4.69) is 0 Å². The Hall–Kier alpha value is -1.31. The van der Waals surface area contributed by atoms with Crippen molar-refractivity contribution < 1.29 is 23.0 Å². The predicted octanol–water partition coefficient (Wildman–Crippen LogP) is 0.851. The zero-order valence-electron chi connectivity index (χ0n) is 11.4. The quantitative estimate of drug-likeness (QED) is 0.843. The normalized spacial score (nSPS) is 14.6. The van der Waals surface area contributed by atoms with Crippen molar-refractivity contribution >= 4 is 10.0 Å². The number of nitrogens with zero attached hydrogens (tertiary/aromatic N) is 1. The van der Waals surface area contributed by atoms with Crippen molar-refractivity contribution in [3.8, 4) is 11.5 Å². The van der Waals surface area contributed by atoms with Gasteiger partial charge in [0.25, 0.3) is 0 Å². The fourth-order valence-corrected chi connectivity index (χ4v) is 3.59. The molecule has 0 unspecified atom stereocenters. The molecule has 2 rings (SSSR count). The first kappa shape index (κ1) is 15.1. The third-order valence-electron chi connectivity index (χ3n) is 2.97. The van der Waals surface area contributed by atoms with Crippen molar-refractivity contribution in [1.29, 1.82) is 0 Å². The highest BCUT2D eigenvalue weighted by molar-refractivity contribution is 7.89. The first-order chi connectivity index (χ1) is 9.59. The van der Waals surface area contributed by atoms with Crippen LogP contribution in [0.25, 0.3) is 0 Å². The van der Waals surface area contributed by atoms with Gasteiger partial charge in [-0.15, -0.1) is 0 Å². The molecule has 0 aliphatic carbocycles. The van der Waals surface area contributed by atoms with Crippen LogP contribution in [0.1, 0.15) is 13.3 Å². The van der Waals surface area contributed by atoms with Gasteiger partial charge in [0.05, 0.1) is 11.5 Å². The molecule has 0 radical (unpaired) electrons. The Morgan fingerprint density at radius 2 is 1.90 bits per heavy atom. The first-order valence-electron chi connectivity index (χ1n) is 6.60. The molecule has 1 aromatic carbocycles. The van der Waals surface area contributed by atoms with Crippen LogP contribution in [0.2, 0.25) is 0 Å². The minimum Gasteiger partial charge on any atom is -0.486 e. The summed E-state index contributed by atoms with van der Waals surface area (Å²) in [6.07, 6.45) is 0.684. The first-order valence-corrected chi connectivity index (χ1v) is 8.04. The number of fused-ring (bicyclic) bond motifs is 1. The van der Waals surface area contributed by atoms with E-state index in [0.29, 0.717) is 37.7 Å². The molecule has 112 valence electrons. The van der Waals surface area contributed by atoms with E-state index in [1.54, 1.807) is 6.07 Å². The van der Waals surface area contributed by atoms with E-state index in [1.165, 1.54) is 16.4 Å². The zero-order chi connectivity index (χ0) is 14.6. The average molecular weight is 301 g/mol. The molecule has 1 aliphatic heterocycles. The summed E-state index contributed by atoms with van der Waals surface area (Å²) in [4.78, 5) is 0.156. The maximum Gasteiger partial charge on any atom is 0.243 e. The molecule has 0 fully saturated rings. The summed E-state index contributed by atoms with van der Waals surface area (Å²) in [5.74, 6) is 0.997. The van der Waals surface area contributed by atoms with Crippen LogP contribution >= 0.6 is 0 Å². The van der Waals surface area contributed by atoms with Gasteiger partial charge in [-0.25, -0.2) is 8.42 Å². The summed E-state index contributed by atoms with van der Waals surface area (Å²) in [6, 6.07) is 4.58. The molecule has 0 aromatic heterocycles. The van der Waals surface area contributed by atoms with Gasteiger partial charge in [-0.3, -0.25) is 0 Å². The molecule has 1 N–H and O–H groups in total. The Bertz CT molecular complexity index is 552. The number of sulfonamides is 1. The second-order valence-corrected chi connectivity index (χ2v) is 6.37. The van der Waals surface area contributed by atoms with Crippen LogP contribution in [0.3, 0.4) is 0 Å². The Morgan fingerprint density at radius 3 is 2.55 bits per heavy atom. The van der Waals surface area contributed by atoms with E-state index in [0.717, 1.165) is 0 Å². The lowest BCUT2D eigenvalue weighted by Crippen LogP contribution is -2.34. The van der Waals surface area contributed by atoms with E-state index in [4.69, 9.17) is 14.6 Å². The van der Waals surface area contributed by atoms with Crippen molar-refractivity contribution in [2.75, 3.05) is 32.9 Å². The molecule has 7 heteroatoms. The number of rotatable bonds is 6. The van der Waals surface area contributed by atoms with Crippen molar-refractivity contribution in [3.05, 3.63) is 18.2 Å². The van der Waals surface area contributed by atoms with E-state index in [1.807, 2.05) is 6.92 Å². The Kier molecular flexibility index (Phi) is 4.85. The second kappa shape index (κ2) is 6.43. The van der Waals surface area contributed by atoms with Crippen LogP contribution < -0.4 is 9.47 Å². The molecule has 0 spiro atoms. The summed E-state index contributed by atoms with van der Waals surface area (Å²) in [5, 5.41) is 9.01. The smallest absolute Gasteiger partial charge is 0.243 e. The van der Waals surface area contributed by atoms with Gasteiger partial charge in [-0.2, -0.15) is 4.31 Å². The van der Waals surface area contributed by atoms with Gasteiger partial charge in [-0.1, -0.05) is 6.92 Å². The summed E-state index contributed by atoms with van der Waals surface area (Å²) in [6.45, 7) is 3.02. The van der Waals surface area contributed by atoms with E-state index in [-0.39, 0.29) is 18.0 Å². The van der Waals surface area contributed by atoms with Crippen LogP contribution in [0.4, 0.5) is 0 Å². The minimum absolute atomic E-state index is 0.0879. The average Bonchev–Trinajstić information content (AvgIpc) is 2.46. The third-order valence-corrected chi connectivity index (χ3v) is 4.87. The number of aliphatic hydroxyl groups is 1. The van der Waals surface area contributed by atoms with Gasteiger partial charge in [0, 0.05) is 19.2 Å². The lowest BCUT2D eigenvalue weighted by molar-refractivity contribution is 0.171. The number of hydrogen-bond donors (Lipinski definition) is 1. The molecule has 0 saturated carbocycles. The van der Waals surface area contributed by atoms with Gasteiger partial charge in [-0.05, 0) is 18.6 Å². The van der Waals surface area contributed by atoms with Crippen LogP contribution in [0, 0.1) is 0 Å². The summed E-state index contributed by atoms with van der Waals surface area (Å²) < 4.78 is 37.1. The molecular weight excluding hydrogens is 282 g/mol. The topological polar surface area (TPSA) is 76.1 Å². The summed E-state index contributed by atoms with van der Waals surface area (Å²) in [5.41, 5.74) is 0. The summed E-state index contributed by atoms with van der Waals surface area (Å²) in [7, 11) is -3.62. The zero-order valence-corrected chi connectivity index (χ0v) is 12.2. The van der Waals surface area contributed by atoms with Crippen LogP contribution in [-0.2, 0) is 10.0 Å². The molecule has 0 atom stereocenters. The van der Waals surface area contributed by atoms with E-state index >= 15 is 0 Å². The maximum atomic E-state index is 12.5. The standard InChI is InChI=1S/C13H19NO5S/c1-2-5-14(6-7-15)20(16,17)11-3-4-12-13(10-11)19-9-8-18-12/h3-4,10,15H,2,5-9H2,1H3. The predicted molar refractivity (Wildman–Crippen MR) is 73.6 cm³/mol. The van der Waals surface area contributed by atoms with Gasteiger partial charge >= 0.3 is 0 Å². The van der Waals surface area contributed by atoms with E-state index < -0.39 is 10.0 Å². The minimum atomic E-state index is -3.62. The fraction of sp³-hybridized carbons (Fsp3) is 0.538. The van der Waals surface area contributed by atoms with Crippen molar-refractivity contribution in [1.82, 2.24) is 4.31 Å². The molecule has 0 amide bonds. The van der Waals surface area contributed by atoms with Gasteiger partial charge < -0.3 is 14.6 Å². The maximum absolute atomic E-state index is 12.5. The van der Waals surface area contributed by atoms with Gasteiger partial charge in [0.1, 0.15) is 13.2 Å². The van der Waals surface area contributed by atoms with Crippen molar-refractivity contribution in [3.63, 3.8) is 0 Å². The highest BCUT2D eigenvalue weighted by Crippen LogP contribution is 2.33. The largest absolute Gasteiger partial charge is 0.486 e. The molecular formula is C13H19NO5S. The van der Waals surface area contributed by atoms with Crippen molar-refractivity contribution in [2.45, 2.75) is 18.2 Å². The monoisotopic (exact) mass is 301 g/mol. The lowest BCUT2D eigenvalue weighted by atomic mass is 10.3. The molecule has 1 heterocycles. The molecule has 0 bridgehead atoms. The molecule has 1 aromatic rings. The fourth-order valence-electron chi connectivity index (χ4n) is 2.05. The second-order valence-electron chi connectivity index (χ2n) is 4.43. The molecule has 6 nitrogen and oxygen atoms in total. The Morgan fingerprint density at radius 1 is 1.20 bits per heavy atom. The van der Waals surface area contributed by atoms with E-state index in [9.17, 15) is 8.42 Å². The van der Waals surface area contributed by atoms with Crippen LogP contribution in [0.15, 0.2) is 23.1 Å². The van der Waals surface area contributed by atoms with Crippen LogP contribution in [0.5, 0.6) is 11.5 Å². The number of hydrogen-bond acceptors (Lipinski definition) is 5. The Balaban J connectivity index is 2.32.